The lowest BCUT2D eigenvalue weighted by Gasteiger charge is -2.17. The van der Waals surface area contributed by atoms with Crippen LogP contribution in [0.3, 0.4) is 0 Å². The summed E-state index contributed by atoms with van der Waals surface area (Å²) in [5.41, 5.74) is 2.40. The van der Waals surface area contributed by atoms with E-state index >= 15 is 0 Å². The fourth-order valence-electron chi connectivity index (χ4n) is 3.31. The average Bonchev–Trinajstić information content (AvgIpc) is 3.11. The SMILES string of the molecule is COC(=O)c1ccccc1CC1CCN(C(=O)Cc2ccccn2)C1. The quantitative estimate of drug-likeness (QED) is 0.786. The van der Waals surface area contributed by atoms with E-state index in [2.05, 4.69) is 4.98 Å². The van der Waals surface area contributed by atoms with Crippen LogP contribution in [0.25, 0.3) is 0 Å². The molecule has 1 saturated heterocycles. The van der Waals surface area contributed by atoms with E-state index in [9.17, 15) is 9.59 Å². The van der Waals surface area contributed by atoms with E-state index in [4.69, 9.17) is 4.74 Å². The van der Waals surface area contributed by atoms with Crippen molar-refractivity contribution in [1.82, 2.24) is 9.88 Å². The lowest BCUT2D eigenvalue weighted by molar-refractivity contribution is -0.129. The molecule has 1 aromatic heterocycles. The van der Waals surface area contributed by atoms with Crippen LogP contribution in [0.5, 0.6) is 0 Å². The summed E-state index contributed by atoms with van der Waals surface area (Å²) >= 11 is 0. The summed E-state index contributed by atoms with van der Waals surface area (Å²) in [5.74, 6) is 0.164. The van der Waals surface area contributed by atoms with Gasteiger partial charge in [0.2, 0.25) is 5.91 Å². The highest BCUT2D eigenvalue weighted by molar-refractivity contribution is 5.91. The van der Waals surface area contributed by atoms with Crippen LogP contribution in [0.1, 0.15) is 28.0 Å². The molecule has 0 bridgehead atoms. The van der Waals surface area contributed by atoms with E-state index in [1.54, 1.807) is 12.3 Å². The first kappa shape index (κ1) is 17.1. The number of methoxy groups -OCH3 is 1. The van der Waals surface area contributed by atoms with Gasteiger partial charge >= 0.3 is 5.97 Å². The van der Waals surface area contributed by atoms with Crippen molar-refractivity contribution < 1.29 is 14.3 Å². The maximum Gasteiger partial charge on any atom is 0.338 e. The molecule has 1 aliphatic rings. The minimum absolute atomic E-state index is 0.113. The van der Waals surface area contributed by atoms with Crippen LogP contribution in [0, 0.1) is 5.92 Å². The van der Waals surface area contributed by atoms with E-state index in [1.165, 1.54) is 7.11 Å². The summed E-state index contributed by atoms with van der Waals surface area (Å²) in [6.07, 6.45) is 3.77. The number of carbonyl (C=O) groups is 2. The molecule has 0 saturated carbocycles. The Bertz CT molecular complexity index is 746. The van der Waals surface area contributed by atoms with Crippen molar-refractivity contribution in [2.75, 3.05) is 20.2 Å². The molecule has 0 N–H and O–H groups in total. The fraction of sp³-hybridized carbons (Fsp3) is 0.350. The highest BCUT2D eigenvalue weighted by Crippen LogP contribution is 2.23. The highest BCUT2D eigenvalue weighted by Gasteiger charge is 2.27. The number of benzene rings is 1. The minimum atomic E-state index is -0.309. The van der Waals surface area contributed by atoms with Gasteiger partial charge in [-0.2, -0.15) is 0 Å². The van der Waals surface area contributed by atoms with E-state index in [1.807, 2.05) is 41.3 Å². The molecule has 0 spiro atoms. The summed E-state index contributed by atoms with van der Waals surface area (Å²) in [4.78, 5) is 30.5. The van der Waals surface area contributed by atoms with Gasteiger partial charge in [-0.3, -0.25) is 9.78 Å². The van der Waals surface area contributed by atoms with Crippen molar-refractivity contribution in [2.24, 2.45) is 5.92 Å². The van der Waals surface area contributed by atoms with Crippen LogP contribution in [-0.4, -0.2) is 42.0 Å². The fourth-order valence-corrected chi connectivity index (χ4v) is 3.31. The van der Waals surface area contributed by atoms with Gasteiger partial charge in [-0.25, -0.2) is 4.79 Å². The van der Waals surface area contributed by atoms with Gasteiger partial charge in [0.1, 0.15) is 0 Å². The largest absolute Gasteiger partial charge is 0.465 e. The number of likely N-dealkylation sites (tertiary alicyclic amines) is 1. The van der Waals surface area contributed by atoms with Gasteiger partial charge in [0, 0.05) is 25.0 Å². The zero-order valence-corrected chi connectivity index (χ0v) is 14.4. The van der Waals surface area contributed by atoms with E-state index in [0.717, 1.165) is 37.2 Å². The topological polar surface area (TPSA) is 59.5 Å². The molecule has 1 aliphatic heterocycles. The van der Waals surface area contributed by atoms with Crippen LogP contribution in [0.4, 0.5) is 0 Å². The third-order valence-electron chi connectivity index (χ3n) is 4.63. The highest BCUT2D eigenvalue weighted by atomic mass is 16.5. The number of esters is 1. The third-order valence-corrected chi connectivity index (χ3v) is 4.63. The molecule has 2 heterocycles. The molecule has 1 amide bonds. The summed E-state index contributed by atoms with van der Waals surface area (Å²) in [6.45, 7) is 1.48. The van der Waals surface area contributed by atoms with Crippen LogP contribution in [0.15, 0.2) is 48.7 Å². The molecular weight excluding hydrogens is 316 g/mol. The normalized spacial score (nSPS) is 16.7. The zero-order valence-electron chi connectivity index (χ0n) is 14.4. The van der Waals surface area contributed by atoms with Crippen LogP contribution >= 0.6 is 0 Å². The lowest BCUT2D eigenvalue weighted by Crippen LogP contribution is -2.30. The second kappa shape index (κ2) is 7.92. The zero-order chi connectivity index (χ0) is 17.6. The van der Waals surface area contributed by atoms with Crippen molar-refractivity contribution in [2.45, 2.75) is 19.3 Å². The summed E-state index contributed by atoms with van der Waals surface area (Å²) in [7, 11) is 1.40. The molecule has 1 atom stereocenters. The van der Waals surface area contributed by atoms with Gasteiger partial charge in [0.15, 0.2) is 0 Å². The number of aromatic nitrogens is 1. The third kappa shape index (κ3) is 4.24. The maximum atomic E-state index is 12.4. The van der Waals surface area contributed by atoms with E-state index in [0.29, 0.717) is 17.9 Å². The summed E-state index contributed by atoms with van der Waals surface area (Å²) in [5, 5.41) is 0. The lowest BCUT2D eigenvalue weighted by atomic mass is 9.95. The van der Waals surface area contributed by atoms with Crippen molar-refractivity contribution >= 4 is 11.9 Å². The molecule has 130 valence electrons. The predicted molar refractivity (Wildman–Crippen MR) is 94.1 cm³/mol. The van der Waals surface area contributed by atoms with E-state index in [-0.39, 0.29) is 11.9 Å². The first-order valence-electron chi connectivity index (χ1n) is 8.51. The average molecular weight is 338 g/mol. The molecule has 0 aliphatic carbocycles. The molecule has 5 nitrogen and oxygen atoms in total. The van der Waals surface area contributed by atoms with Crippen molar-refractivity contribution in [3.8, 4) is 0 Å². The molecule has 1 unspecified atom stereocenters. The Morgan fingerprint density at radius 3 is 2.76 bits per heavy atom. The number of carbonyl (C=O) groups excluding carboxylic acids is 2. The molecule has 0 radical (unpaired) electrons. The Balaban J connectivity index is 1.60. The Labute approximate surface area is 147 Å². The van der Waals surface area contributed by atoms with Crippen molar-refractivity contribution in [3.63, 3.8) is 0 Å². The summed E-state index contributed by atoms with van der Waals surface area (Å²) < 4.78 is 4.86. The second-order valence-electron chi connectivity index (χ2n) is 6.35. The Morgan fingerprint density at radius 1 is 1.20 bits per heavy atom. The van der Waals surface area contributed by atoms with Gasteiger partial charge in [0.25, 0.3) is 0 Å². The molecule has 5 heteroatoms. The number of ether oxygens (including phenoxy) is 1. The molecule has 1 aromatic carbocycles. The maximum absolute atomic E-state index is 12.4. The predicted octanol–water partition coefficient (Wildman–Crippen LogP) is 2.50. The number of hydrogen-bond donors (Lipinski definition) is 0. The van der Waals surface area contributed by atoms with Gasteiger partial charge in [-0.05, 0) is 42.5 Å². The van der Waals surface area contributed by atoms with E-state index < -0.39 is 0 Å². The molecule has 1 fully saturated rings. The number of pyridine rings is 1. The molecule has 25 heavy (non-hydrogen) atoms. The Hall–Kier alpha value is -2.69. The number of rotatable bonds is 5. The standard InChI is InChI=1S/C20H22N2O3/c1-25-20(24)18-8-3-2-6-16(18)12-15-9-11-22(14-15)19(23)13-17-7-4-5-10-21-17/h2-8,10,15H,9,11-14H2,1H3. The number of nitrogens with zero attached hydrogens (tertiary/aromatic N) is 2. The summed E-state index contributed by atoms with van der Waals surface area (Å²) in [6, 6.07) is 13.1. The molecule has 3 rings (SSSR count). The van der Waals surface area contributed by atoms with Crippen molar-refractivity contribution in [1.29, 1.82) is 0 Å². The van der Waals surface area contributed by atoms with Crippen LogP contribution in [-0.2, 0) is 22.4 Å². The Morgan fingerprint density at radius 2 is 2.00 bits per heavy atom. The van der Waals surface area contributed by atoms with Crippen molar-refractivity contribution in [3.05, 3.63) is 65.5 Å². The molecule has 2 aromatic rings. The first-order valence-corrected chi connectivity index (χ1v) is 8.51. The first-order chi connectivity index (χ1) is 12.2. The number of amides is 1. The van der Waals surface area contributed by atoms with Gasteiger partial charge in [-0.1, -0.05) is 24.3 Å². The number of hydrogen-bond acceptors (Lipinski definition) is 4. The monoisotopic (exact) mass is 338 g/mol. The smallest absolute Gasteiger partial charge is 0.338 e. The minimum Gasteiger partial charge on any atom is -0.465 e. The van der Waals surface area contributed by atoms with Crippen LogP contribution in [0.2, 0.25) is 0 Å². The van der Waals surface area contributed by atoms with Gasteiger partial charge in [0.05, 0.1) is 19.1 Å². The van der Waals surface area contributed by atoms with Gasteiger partial charge < -0.3 is 9.64 Å². The van der Waals surface area contributed by atoms with Crippen LogP contribution < -0.4 is 0 Å². The molecular formula is C20H22N2O3. The Kier molecular flexibility index (Phi) is 5.43. The second-order valence-corrected chi connectivity index (χ2v) is 6.35. The van der Waals surface area contributed by atoms with Gasteiger partial charge in [-0.15, -0.1) is 0 Å².